The maximum atomic E-state index is 5.98. The molecule has 3 nitrogen and oxygen atoms in total. The number of halogens is 1. The van der Waals surface area contributed by atoms with Crippen LogP contribution in [0.3, 0.4) is 0 Å². The number of benzene rings is 1. The summed E-state index contributed by atoms with van der Waals surface area (Å²) in [4.78, 5) is 4.43. The predicted octanol–water partition coefficient (Wildman–Crippen LogP) is 3.16. The van der Waals surface area contributed by atoms with Gasteiger partial charge in [0.25, 0.3) is 0 Å². The third-order valence-corrected chi connectivity index (χ3v) is 3.11. The SMILES string of the molecule is Nc1ccc2cnc(Cc3cccc(Cl)c3)n2c1. The zero-order valence-electron chi connectivity index (χ0n) is 9.68. The maximum Gasteiger partial charge on any atom is 0.117 e. The quantitative estimate of drug-likeness (QED) is 0.766. The number of anilines is 1. The van der Waals surface area contributed by atoms with Gasteiger partial charge in [0.05, 0.1) is 11.7 Å². The van der Waals surface area contributed by atoms with Crippen molar-refractivity contribution in [1.82, 2.24) is 9.38 Å². The van der Waals surface area contributed by atoms with Gasteiger partial charge in [-0.25, -0.2) is 4.98 Å². The van der Waals surface area contributed by atoms with Gasteiger partial charge in [-0.15, -0.1) is 0 Å². The van der Waals surface area contributed by atoms with E-state index in [0.717, 1.165) is 34.0 Å². The lowest BCUT2D eigenvalue weighted by molar-refractivity contribution is 0.963. The van der Waals surface area contributed by atoms with Gasteiger partial charge in [-0.3, -0.25) is 0 Å². The number of pyridine rings is 1. The standard InChI is InChI=1S/C14H12ClN3/c15-11-3-1-2-10(6-11)7-14-17-8-13-5-4-12(16)9-18(13)14/h1-6,8-9H,7,16H2. The monoisotopic (exact) mass is 257 g/mol. The van der Waals surface area contributed by atoms with Crippen molar-refractivity contribution >= 4 is 22.8 Å². The minimum absolute atomic E-state index is 0.729. The van der Waals surface area contributed by atoms with Crippen LogP contribution < -0.4 is 5.73 Å². The number of imidazole rings is 1. The summed E-state index contributed by atoms with van der Waals surface area (Å²) >= 11 is 5.98. The molecule has 3 rings (SSSR count). The summed E-state index contributed by atoms with van der Waals surface area (Å²) < 4.78 is 2.01. The Morgan fingerprint density at radius 1 is 1.22 bits per heavy atom. The second kappa shape index (κ2) is 4.35. The molecule has 90 valence electrons. The van der Waals surface area contributed by atoms with E-state index in [4.69, 9.17) is 17.3 Å². The second-order valence-corrected chi connectivity index (χ2v) is 4.67. The molecule has 0 radical (unpaired) electrons. The number of nitrogens with zero attached hydrogens (tertiary/aromatic N) is 2. The number of hydrogen-bond acceptors (Lipinski definition) is 2. The third kappa shape index (κ3) is 2.05. The highest BCUT2D eigenvalue weighted by atomic mass is 35.5. The Morgan fingerprint density at radius 2 is 2.11 bits per heavy atom. The van der Waals surface area contributed by atoms with E-state index in [-0.39, 0.29) is 0 Å². The average Bonchev–Trinajstić information content (AvgIpc) is 2.72. The number of nitrogens with two attached hydrogens (primary N) is 1. The normalized spacial score (nSPS) is 10.9. The first-order valence-corrected chi connectivity index (χ1v) is 6.06. The summed E-state index contributed by atoms with van der Waals surface area (Å²) in [6.45, 7) is 0. The van der Waals surface area contributed by atoms with Crippen LogP contribution in [-0.4, -0.2) is 9.38 Å². The molecule has 0 saturated carbocycles. The van der Waals surface area contributed by atoms with Crippen molar-refractivity contribution in [3.8, 4) is 0 Å². The van der Waals surface area contributed by atoms with Crippen LogP contribution in [0.4, 0.5) is 5.69 Å². The lowest BCUT2D eigenvalue weighted by atomic mass is 10.1. The molecule has 0 aliphatic carbocycles. The van der Waals surface area contributed by atoms with E-state index in [1.807, 2.05) is 53.2 Å². The fourth-order valence-electron chi connectivity index (χ4n) is 2.02. The Morgan fingerprint density at radius 3 is 2.94 bits per heavy atom. The van der Waals surface area contributed by atoms with Crippen molar-refractivity contribution in [2.45, 2.75) is 6.42 Å². The number of rotatable bonds is 2. The van der Waals surface area contributed by atoms with E-state index in [1.54, 1.807) is 0 Å². The van der Waals surface area contributed by atoms with Crippen LogP contribution in [0, 0.1) is 0 Å². The lowest BCUT2D eigenvalue weighted by Gasteiger charge is -2.03. The van der Waals surface area contributed by atoms with Gasteiger partial charge in [0.15, 0.2) is 0 Å². The molecule has 2 aromatic heterocycles. The van der Waals surface area contributed by atoms with Crippen LogP contribution in [0.5, 0.6) is 0 Å². The average molecular weight is 258 g/mol. The summed E-state index contributed by atoms with van der Waals surface area (Å²) in [5, 5.41) is 0.743. The van der Waals surface area contributed by atoms with Gasteiger partial charge >= 0.3 is 0 Å². The van der Waals surface area contributed by atoms with Crippen LogP contribution in [0.1, 0.15) is 11.4 Å². The van der Waals surface area contributed by atoms with Crippen LogP contribution >= 0.6 is 11.6 Å². The van der Waals surface area contributed by atoms with Crippen molar-refractivity contribution < 1.29 is 0 Å². The van der Waals surface area contributed by atoms with Crippen LogP contribution in [0.2, 0.25) is 5.02 Å². The molecular formula is C14H12ClN3. The van der Waals surface area contributed by atoms with Gasteiger partial charge in [-0.05, 0) is 29.8 Å². The van der Waals surface area contributed by atoms with Crippen LogP contribution in [0.25, 0.3) is 5.52 Å². The van der Waals surface area contributed by atoms with Crippen molar-refractivity contribution in [2.24, 2.45) is 0 Å². The molecule has 18 heavy (non-hydrogen) atoms. The van der Waals surface area contributed by atoms with Crippen molar-refractivity contribution in [3.63, 3.8) is 0 Å². The molecule has 0 spiro atoms. The first-order valence-electron chi connectivity index (χ1n) is 5.68. The third-order valence-electron chi connectivity index (χ3n) is 2.88. The van der Waals surface area contributed by atoms with Crippen molar-refractivity contribution in [3.05, 3.63) is 65.2 Å². The highest BCUT2D eigenvalue weighted by molar-refractivity contribution is 6.30. The van der Waals surface area contributed by atoms with Crippen LogP contribution in [-0.2, 0) is 6.42 Å². The van der Waals surface area contributed by atoms with Crippen molar-refractivity contribution in [2.75, 3.05) is 5.73 Å². The van der Waals surface area contributed by atoms with Gasteiger partial charge in [0.1, 0.15) is 5.82 Å². The molecule has 0 atom stereocenters. The van der Waals surface area contributed by atoms with Gasteiger partial charge in [-0.1, -0.05) is 23.7 Å². The fraction of sp³-hybridized carbons (Fsp3) is 0.0714. The Kier molecular flexibility index (Phi) is 2.68. The summed E-state index contributed by atoms with van der Waals surface area (Å²) in [7, 11) is 0. The molecule has 3 aromatic rings. The van der Waals surface area contributed by atoms with E-state index in [1.165, 1.54) is 0 Å². The summed E-state index contributed by atoms with van der Waals surface area (Å²) in [6, 6.07) is 11.6. The molecule has 0 aliphatic heterocycles. The molecule has 4 heteroatoms. The van der Waals surface area contributed by atoms with E-state index in [2.05, 4.69) is 4.98 Å². The van der Waals surface area contributed by atoms with E-state index in [9.17, 15) is 0 Å². The second-order valence-electron chi connectivity index (χ2n) is 4.24. The van der Waals surface area contributed by atoms with Gasteiger partial charge in [-0.2, -0.15) is 0 Å². The molecule has 0 unspecified atom stereocenters. The smallest absolute Gasteiger partial charge is 0.117 e. The largest absolute Gasteiger partial charge is 0.398 e. The number of hydrogen-bond donors (Lipinski definition) is 1. The lowest BCUT2D eigenvalue weighted by Crippen LogP contribution is -1.97. The molecule has 0 amide bonds. The molecular weight excluding hydrogens is 246 g/mol. The summed E-state index contributed by atoms with van der Waals surface area (Å²) in [5.74, 6) is 0.958. The zero-order valence-corrected chi connectivity index (χ0v) is 10.4. The number of aromatic nitrogens is 2. The zero-order chi connectivity index (χ0) is 12.5. The summed E-state index contributed by atoms with van der Waals surface area (Å²) in [6.07, 6.45) is 4.47. The van der Waals surface area contributed by atoms with Gasteiger partial charge in [0, 0.05) is 23.3 Å². The highest BCUT2D eigenvalue weighted by Gasteiger charge is 2.05. The predicted molar refractivity (Wildman–Crippen MR) is 73.9 cm³/mol. The molecule has 0 aliphatic rings. The highest BCUT2D eigenvalue weighted by Crippen LogP contribution is 2.16. The minimum Gasteiger partial charge on any atom is -0.398 e. The van der Waals surface area contributed by atoms with Gasteiger partial charge < -0.3 is 10.1 Å². The van der Waals surface area contributed by atoms with Gasteiger partial charge in [0.2, 0.25) is 0 Å². The van der Waals surface area contributed by atoms with E-state index in [0.29, 0.717) is 0 Å². The molecule has 2 N–H and O–H groups in total. The van der Waals surface area contributed by atoms with Crippen LogP contribution in [0.15, 0.2) is 48.8 Å². The molecule has 0 fully saturated rings. The molecule has 1 aromatic carbocycles. The topological polar surface area (TPSA) is 43.3 Å². The Hall–Kier alpha value is -2.00. The van der Waals surface area contributed by atoms with E-state index >= 15 is 0 Å². The Bertz CT molecular complexity index is 703. The van der Waals surface area contributed by atoms with Crippen molar-refractivity contribution in [1.29, 1.82) is 0 Å². The minimum atomic E-state index is 0.729. The summed E-state index contributed by atoms with van der Waals surface area (Å²) in [5.41, 5.74) is 8.71. The molecule has 2 heterocycles. The number of nitrogen functional groups attached to an aromatic ring is 1. The maximum absolute atomic E-state index is 5.98. The first kappa shape index (κ1) is 11.1. The first-order chi connectivity index (χ1) is 8.72. The van der Waals surface area contributed by atoms with E-state index < -0.39 is 0 Å². The molecule has 0 saturated heterocycles. The fourth-order valence-corrected chi connectivity index (χ4v) is 2.23. The molecule has 0 bridgehead atoms. The number of fused-ring (bicyclic) bond motifs is 1. The Labute approximate surface area is 110 Å². The Balaban J connectivity index is 2.02.